The van der Waals surface area contributed by atoms with Crippen LogP contribution in [0.2, 0.25) is 0 Å². The van der Waals surface area contributed by atoms with Crippen molar-refractivity contribution in [1.82, 2.24) is 0 Å². The molecule has 3 aromatic rings. The number of phenols is 1. The number of guanidine groups is 1. The third-order valence-electron chi connectivity index (χ3n) is 5.10. The van der Waals surface area contributed by atoms with E-state index in [0.29, 0.717) is 12.1 Å². The minimum atomic E-state index is -5.14. The molecule has 0 aliphatic rings. The number of aliphatic imine (C=N–C) groups is 2. The number of phenolic OH excluding ortho intramolecular Hbond substituents is 1. The van der Waals surface area contributed by atoms with Crippen LogP contribution in [0.5, 0.6) is 5.75 Å². The Bertz CT molecular complexity index is 2060. The monoisotopic (exact) mass is 680 g/mol. The number of amidine groups is 1. The Labute approximate surface area is 248 Å². The summed E-state index contributed by atoms with van der Waals surface area (Å²) in [7, 11) is -15.1. The average molecular weight is 682 g/mol. The summed E-state index contributed by atoms with van der Waals surface area (Å²) in [5.41, 5.74) is 3.50. The first-order valence-electron chi connectivity index (χ1n) is 10.7. The number of nitrogens with two attached hydrogens (primary N) is 1. The van der Waals surface area contributed by atoms with Crippen LogP contribution in [-0.2, 0) is 30.4 Å². The standard InChI is InChI=1S/C21H18Cl2N6O10S3/c1-9-5-16(41(34,35)36)14(8-15(9)40(31,32)33)28-29-18-17(42(37,38)39)7-11-6-12(3-4-13(11)19(18)30)26-21(25-10(2)22)27-20(23)24/h3-8,30H,2H2,1H3,(H,31,32,33)(H,34,35,36)(H,37,38,39)(H3,24,25,26,27)/b29-28+. The van der Waals surface area contributed by atoms with Crippen molar-refractivity contribution in [3.63, 3.8) is 0 Å². The number of rotatable bonds is 7. The van der Waals surface area contributed by atoms with Crippen molar-refractivity contribution in [2.45, 2.75) is 21.6 Å². The van der Waals surface area contributed by atoms with Crippen LogP contribution in [0, 0.1) is 6.92 Å². The van der Waals surface area contributed by atoms with E-state index < -0.39 is 67.5 Å². The molecule has 0 atom stereocenters. The molecule has 3 aromatic carbocycles. The van der Waals surface area contributed by atoms with Gasteiger partial charge in [-0.1, -0.05) is 18.2 Å². The largest absolute Gasteiger partial charge is 0.505 e. The number of hydrogen-bond donors (Lipinski definition) is 6. The van der Waals surface area contributed by atoms with Crippen LogP contribution in [0.15, 0.2) is 83.0 Å². The number of nitrogens with one attached hydrogen (secondary N) is 1. The molecule has 0 aromatic heterocycles. The molecule has 0 bridgehead atoms. The second-order valence-electron chi connectivity index (χ2n) is 8.09. The highest BCUT2D eigenvalue weighted by Gasteiger charge is 2.25. The van der Waals surface area contributed by atoms with E-state index in [-0.39, 0.29) is 33.1 Å². The van der Waals surface area contributed by atoms with E-state index in [4.69, 9.17) is 28.9 Å². The van der Waals surface area contributed by atoms with Crippen LogP contribution in [0.3, 0.4) is 0 Å². The molecule has 0 spiro atoms. The quantitative estimate of drug-likeness (QED) is 0.0678. The van der Waals surface area contributed by atoms with Gasteiger partial charge in [0, 0.05) is 11.1 Å². The lowest BCUT2D eigenvalue weighted by atomic mass is 10.1. The van der Waals surface area contributed by atoms with E-state index in [2.05, 4.69) is 32.1 Å². The zero-order valence-electron chi connectivity index (χ0n) is 20.8. The summed E-state index contributed by atoms with van der Waals surface area (Å²) < 4.78 is 100. The number of benzene rings is 3. The van der Waals surface area contributed by atoms with E-state index in [9.17, 15) is 44.0 Å². The number of hydrogen-bond acceptors (Lipinski definition) is 10. The number of halogens is 2. The smallest absolute Gasteiger partial charge is 0.296 e. The molecule has 0 aliphatic carbocycles. The first-order chi connectivity index (χ1) is 19.2. The molecule has 0 aliphatic heterocycles. The molecule has 7 N–H and O–H groups in total. The fourth-order valence-corrected chi connectivity index (χ4v) is 5.70. The molecule has 0 radical (unpaired) electrons. The van der Waals surface area contributed by atoms with Crippen molar-refractivity contribution < 1.29 is 44.0 Å². The van der Waals surface area contributed by atoms with Gasteiger partial charge in [0.15, 0.2) is 11.0 Å². The lowest BCUT2D eigenvalue weighted by Gasteiger charge is -2.12. The summed E-state index contributed by atoms with van der Waals surface area (Å²) in [5, 5.41) is 19.9. The van der Waals surface area contributed by atoms with Crippen molar-refractivity contribution in [1.29, 1.82) is 0 Å². The molecule has 16 nitrogen and oxygen atoms in total. The molecule has 3 rings (SSSR count). The summed E-state index contributed by atoms with van der Waals surface area (Å²) in [6, 6.07) is 6.01. The zero-order valence-corrected chi connectivity index (χ0v) is 24.7. The Morgan fingerprint density at radius 3 is 1.98 bits per heavy atom. The number of aryl methyl sites for hydroxylation is 1. The number of aromatic hydroxyl groups is 1. The zero-order chi connectivity index (χ0) is 31.8. The van der Waals surface area contributed by atoms with Crippen LogP contribution in [-0.4, -0.2) is 55.3 Å². The van der Waals surface area contributed by atoms with Gasteiger partial charge in [0.2, 0.25) is 5.96 Å². The maximum atomic E-state index is 12.2. The minimum Gasteiger partial charge on any atom is -0.505 e. The summed E-state index contributed by atoms with van der Waals surface area (Å²) in [6.07, 6.45) is 0. The Morgan fingerprint density at radius 2 is 1.45 bits per heavy atom. The van der Waals surface area contributed by atoms with E-state index in [0.717, 1.165) is 13.0 Å². The molecule has 42 heavy (non-hydrogen) atoms. The van der Waals surface area contributed by atoms with Crippen molar-refractivity contribution in [2.75, 3.05) is 5.32 Å². The van der Waals surface area contributed by atoms with Gasteiger partial charge in [-0.25, -0.2) is 4.99 Å². The minimum absolute atomic E-state index is 0.00132. The van der Waals surface area contributed by atoms with Gasteiger partial charge >= 0.3 is 0 Å². The van der Waals surface area contributed by atoms with E-state index in [1.54, 1.807) is 0 Å². The highest BCUT2D eigenvalue weighted by atomic mass is 35.5. The SMILES string of the molecule is C=C(Cl)/N=C(\N=C(/N)Cl)Nc1ccc2c(O)c(/N=N/c3cc(S(=O)(=O)O)c(C)cc3S(=O)(=O)O)c(S(=O)(=O)O)cc2c1. The first kappa shape index (κ1) is 32.8. The Kier molecular flexibility index (Phi) is 9.29. The lowest BCUT2D eigenvalue weighted by molar-refractivity contribution is 0.472. The number of anilines is 1. The van der Waals surface area contributed by atoms with Crippen LogP contribution in [0.4, 0.5) is 17.1 Å². The van der Waals surface area contributed by atoms with Gasteiger partial charge in [-0.2, -0.15) is 30.2 Å². The molecular formula is C21H18Cl2N6O10S3. The van der Waals surface area contributed by atoms with E-state index >= 15 is 0 Å². The molecule has 0 fully saturated rings. The fraction of sp³-hybridized carbons (Fsp3) is 0.0476. The van der Waals surface area contributed by atoms with Gasteiger partial charge in [0.25, 0.3) is 30.4 Å². The molecule has 0 heterocycles. The van der Waals surface area contributed by atoms with Crippen molar-refractivity contribution in [2.24, 2.45) is 25.9 Å². The van der Waals surface area contributed by atoms with Crippen molar-refractivity contribution in [3.8, 4) is 5.75 Å². The normalized spacial score (nSPS) is 13.6. The fourth-order valence-electron chi connectivity index (χ4n) is 3.47. The van der Waals surface area contributed by atoms with E-state index in [1.165, 1.54) is 18.2 Å². The number of azo groups is 1. The highest BCUT2D eigenvalue weighted by Crippen LogP contribution is 2.42. The van der Waals surface area contributed by atoms with Gasteiger partial charge in [-0.3, -0.25) is 13.7 Å². The molecule has 0 amide bonds. The van der Waals surface area contributed by atoms with Crippen LogP contribution in [0.25, 0.3) is 10.8 Å². The topological polar surface area (TPSA) is 271 Å². The second kappa shape index (κ2) is 11.9. The third kappa shape index (κ3) is 7.77. The summed E-state index contributed by atoms with van der Waals surface area (Å²) in [4.78, 5) is 4.73. The predicted molar refractivity (Wildman–Crippen MR) is 154 cm³/mol. The number of nitrogens with zero attached hydrogens (tertiary/aromatic N) is 4. The first-order valence-corrected chi connectivity index (χ1v) is 15.7. The van der Waals surface area contributed by atoms with Crippen LogP contribution in [0.1, 0.15) is 5.56 Å². The average Bonchev–Trinajstić information content (AvgIpc) is 2.80. The van der Waals surface area contributed by atoms with E-state index in [1.807, 2.05) is 0 Å². The number of fused-ring (bicyclic) bond motifs is 1. The molecule has 21 heteroatoms. The van der Waals surface area contributed by atoms with Gasteiger partial charge in [-0.15, -0.1) is 10.2 Å². The van der Waals surface area contributed by atoms with Gasteiger partial charge in [0.05, 0.1) is 4.90 Å². The maximum Gasteiger partial charge on any atom is 0.296 e. The van der Waals surface area contributed by atoms with Crippen molar-refractivity contribution >= 4 is 92.6 Å². The van der Waals surface area contributed by atoms with Crippen LogP contribution >= 0.6 is 23.2 Å². The van der Waals surface area contributed by atoms with Gasteiger partial charge < -0.3 is 16.2 Å². The molecule has 0 unspecified atom stereocenters. The summed E-state index contributed by atoms with van der Waals surface area (Å²) in [5.74, 6) is -1.08. The van der Waals surface area contributed by atoms with Gasteiger partial charge in [-0.05, 0) is 65.9 Å². The maximum absolute atomic E-state index is 12.2. The molecule has 0 saturated heterocycles. The van der Waals surface area contributed by atoms with Crippen LogP contribution < -0.4 is 11.1 Å². The Balaban J connectivity index is 2.27. The molecular weight excluding hydrogens is 663 g/mol. The second-order valence-corrected chi connectivity index (χ2v) is 13.1. The summed E-state index contributed by atoms with van der Waals surface area (Å²) >= 11 is 11.2. The van der Waals surface area contributed by atoms with Gasteiger partial charge in [0.1, 0.15) is 26.3 Å². The highest BCUT2D eigenvalue weighted by molar-refractivity contribution is 7.86. The van der Waals surface area contributed by atoms with Crippen molar-refractivity contribution in [3.05, 3.63) is 53.7 Å². The molecule has 0 saturated carbocycles. The Hall–Kier alpha value is -3.69. The predicted octanol–water partition coefficient (Wildman–Crippen LogP) is 4.04. The Morgan fingerprint density at radius 1 is 0.857 bits per heavy atom. The lowest BCUT2D eigenvalue weighted by Crippen LogP contribution is -2.14. The summed E-state index contributed by atoms with van der Waals surface area (Å²) in [6.45, 7) is 4.50. The third-order valence-corrected chi connectivity index (χ3v) is 8.01. The molecule has 224 valence electrons.